The molecule has 0 aromatic carbocycles. The maximum atomic E-state index is 10.9. The standard InChI is InChI=1S/2C11H21O2.Zn/c2*1-3-5-6-7-8-9-10-11(12)13-4-2;/h2*1,3-10H2,2H3;/q2*-1;+2. The van der Waals surface area contributed by atoms with E-state index in [1.807, 2.05) is 13.8 Å². The van der Waals surface area contributed by atoms with E-state index in [0.717, 1.165) is 38.5 Å². The fraction of sp³-hybridized carbons (Fsp3) is 0.818. The predicted octanol–water partition coefficient (Wildman–Crippen LogP) is 6.23. The Morgan fingerprint density at radius 3 is 1.19 bits per heavy atom. The van der Waals surface area contributed by atoms with Gasteiger partial charge in [-0.3, -0.25) is 9.59 Å². The number of rotatable bonds is 16. The molecule has 156 valence electrons. The predicted molar refractivity (Wildman–Crippen MR) is 109 cm³/mol. The molecule has 0 aliphatic rings. The fourth-order valence-electron chi connectivity index (χ4n) is 2.42. The van der Waals surface area contributed by atoms with Crippen molar-refractivity contribution in [1.29, 1.82) is 0 Å². The number of hydrogen-bond donors (Lipinski definition) is 0. The van der Waals surface area contributed by atoms with Crippen molar-refractivity contribution in [3.05, 3.63) is 13.8 Å². The second-order valence-electron chi connectivity index (χ2n) is 6.35. The first-order valence-electron chi connectivity index (χ1n) is 10.5. The molecular formula is C22H42O4Zn. The Labute approximate surface area is 181 Å². The van der Waals surface area contributed by atoms with Crippen LogP contribution in [-0.2, 0) is 38.5 Å². The van der Waals surface area contributed by atoms with E-state index in [1.54, 1.807) is 0 Å². The zero-order chi connectivity index (χ0) is 19.9. The summed E-state index contributed by atoms with van der Waals surface area (Å²) in [5.74, 6) is -0.112. The Bertz CT molecular complexity index is 279. The summed E-state index contributed by atoms with van der Waals surface area (Å²) in [4.78, 5) is 21.8. The van der Waals surface area contributed by atoms with Crippen LogP contribution in [-0.4, -0.2) is 25.2 Å². The molecule has 27 heavy (non-hydrogen) atoms. The number of ether oxygens (including phenoxy) is 2. The van der Waals surface area contributed by atoms with Gasteiger partial charge in [-0.1, -0.05) is 51.4 Å². The van der Waals surface area contributed by atoms with Crippen molar-refractivity contribution >= 4 is 11.9 Å². The number of carbonyl (C=O) groups excluding carboxylic acids is 2. The monoisotopic (exact) mass is 434 g/mol. The summed E-state index contributed by atoms with van der Waals surface area (Å²) in [5.41, 5.74) is 0. The van der Waals surface area contributed by atoms with Crippen LogP contribution in [0.4, 0.5) is 0 Å². The molecule has 0 heterocycles. The molecule has 0 amide bonds. The molecule has 4 nitrogen and oxygen atoms in total. The minimum absolute atomic E-state index is 0. The zero-order valence-electron chi connectivity index (χ0n) is 18.1. The third-order valence-electron chi connectivity index (χ3n) is 3.87. The Kier molecular flexibility index (Phi) is 32.2. The van der Waals surface area contributed by atoms with E-state index in [0.29, 0.717) is 26.1 Å². The first kappa shape index (κ1) is 31.3. The molecule has 0 saturated heterocycles. The summed E-state index contributed by atoms with van der Waals surface area (Å²) >= 11 is 0. The molecule has 5 heteroatoms. The van der Waals surface area contributed by atoms with Crippen LogP contribution in [0.2, 0.25) is 0 Å². The molecule has 0 aliphatic carbocycles. The second kappa shape index (κ2) is 27.8. The van der Waals surface area contributed by atoms with E-state index >= 15 is 0 Å². The second-order valence-corrected chi connectivity index (χ2v) is 6.35. The summed E-state index contributed by atoms with van der Waals surface area (Å²) in [7, 11) is 0. The molecule has 0 bridgehead atoms. The van der Waals surface area contributed by atoms with Gasteiger partial charge >= 0.3 is 31.4 Å². The van der Waals surface area contributed by atoms with Gasteiger partial charge < -0.3 is 23.3 Å². The number of unbranched alkanes of at least 4 members (excludes halogenated alkanes) is 10. The third-order valence-corrected chi connectivity index (χ3v) is 3.87. The third kappa shape index (κ3) is 30.5. The minimum atomic E-state index is -0.0559. The first-order valence-corrected chi connectivity index (χ1v) is 10.5. The number of carbonyl (C=O) groups is 2. The van der Waals surface area contributed by atoms with Gasteiger partial charge in [0.25, 0.3) is 0 Å². The first-order chi connectivity index (χ1) is 12.6. The molecule has 0 radical (unpaired) electrons. The minimum Gasteiger partial charge on any atom is -0.466 e. The fourth-order valence-corrected chi connectivity index (χ4v) is 2.42. The summed E-state index contributed by atoms with van der Waals surface area (Å²) < 4.78 is 9.64. The van der Waals surface area contributed by atoms with Gasteiger partial charge in [-0.2, -0.15) is 12.8 Å². The summed E-state index contributed by atoms with van der Waals surface area (Å²) in [6.45, 7) is 12.2. The van der Waals surface area contributed by atoms with Gasteiger partial charge in [0.05, 0.1) is 13.2 Å². The van der Waals surface area contributed by atoms with E-state index in [2.05, 4.69) is 13.8 Å². The molecule has 0 fully saturated rings. The summed E-state index contributed by atoms with van der Waals surface area (Å²) in [6.07, 6.45) is 14.8. The molecule has 0 rings (SSSR count). The summed E-state index contributed by atoms with van der Waals surface area (Å²) in [5, 5.41) is 0. The van der Waals surface area contributed by atoms with Crippen LogP contribution in [0.1, 0.15) is 104 Å². The van der Waals surface area contributed by atoms with Gasteiger partial charge in [-0.05, 0) is 26.7 Å². The van der Waals surface area contributed by atoms with Gasteiger partial charge in [0.2, 0.25) is 0 Å². The molecule has 0 aliphatic heterocycles. The van der Waals surface area contributed by atoms with Gasteiger partial charge in [0, 0.05) is 12.8 Å². The Morgan fingerprint density at radius 2 is 0.889 bits per heavy atom. The van der Waals surface area contributed by atoms with Crippen LogP contribution in [0.3, 0.4) is 0 Å². The molecule has 0 N–H and O–H groups in total. The van der Waals surface area contributed by atoms with Crippen LogP contribution < -0.4 is 0 Å². The smallest absolute Gasteiger partial charge is 0.466 e. The molecule has 0 unspecified atom stereocenters. The maximum Gasteiger partial charge on any atom is 2.00 e. The largest absolute Gasteiger partial charge is 2.00 e. The van der Waals surface area contributed by atoms with Gasteiger partial charge in [-0.25, -0.2) is 0 Å². The van der Waals surface area contributed by atoms with Crippen molar-refractivity contribution in [2.24, 2.45) is 0 Å². The van der Waals surface area contributed by atoms with Gasteiger partial charge in [0.15, 0.2) is 0 Å². The van der Waals surface area contributed by atoms with E-state index in [1.165, 1.54) is 38.5 Å². The van der Waals surface area contributed by atoms with Crippen LogP contribution in [0.15, 0.2) is 0 Å². The topological polar surface area (TPSA) is 52.6 Å². The molecule has 0 spiro atoms. The van der Waals surface area contributed by atoms with E-state index in [9.17, 15) is 9.59 Å². The van der Waals surface area contributed by atoms with Crippen molar-refractivity contribution in [3.8, 4) is 0 Å². The van der Waals surface area contributed by atoms with E-state index in [4.69, 9.17) is 9.47 Å². The average Bonchev–Trinajstić information content (AvgIpc) is 2.62. The zero-order valence-corrected chi connectivity index (χ0v) is 21.0. The molecule has 0 aromatic heterocycles. The molecule has 0 atom stereocenters. The van der Waals surface area contributed by atoms with Crippen LogP contribution in [0.5, 0.6) is 0 Å². The van der Waals surface area contributed by atoms with E-state index < -0.39 is 0 Å². The van der Waals surface area contributed by atoms with Crippen LogP contribution in [0, 0.1) is 13.8 Å². The van der Waals surface area contributed by atoms with Crippen LogP contribution >= 0.6 is 0 Å². The normalized spacial score (nSPS) is 9.63. The van der Waals surface area contributed by atoms with Crippen molar-refractivity contribution in [2.75, 3.05) is 13.2 Å². The van der Waals surface area contributed by atoms with Crippen LogP contribution in [0.25, 0.3) is 0 Å². The Balaban J connectivity index is -0.000000411. The van der Waals surface area contributed by atoms with Crippen molar-refractivity contribution in [2.45, 2.75) is 104 Å². The summed E-state index contributed by atoms with van der Waals surface area (Å²) in [6, 6.07) is 0. The van der Waals surface area contributed by atoms with Crippen molar-refractivity contribution in [1.82, 2.24) is 0 Å². The quantitative estimate of drug-likeness (QED) is 0.125. The van der Waals surface area contributed by atoms with Gasteiger partial charge in [-0.15, -0.1) is 0 Å². The van der Waals surface area contributed by atoms with Crippen molar-refractivity contribution in [3.63, 3.8) is 0 Å². The molecule has 0 aromatic rings. The van der Waals surface area contributed by atoms with Gasteiger partial charge in [0.1, 0.15) is 0 Å². The Morgan fingerprint density at radius 1 is 0.593 bits per heavy atom. The molecular weight excluding hydrogens is 394 g/mol. The molecule has 0 saturated carbocycles. The Hall–Kier alpha value is -0.437. The SMILES string of the molecule is [CH2-]CCCCCCCC(=O)OCC.[CH2-]CCCCCCCC(=O)OCC.[Zn+2]. The average molecular weight is 436 g/mol. The van der Waals surface area contributed by atoms with Crippen molar-refractivity contribution < 1.29 is 38.5 Å². The maximum absolute atomic E-state index is 10.9. The van der Waals surface area contributed by atoms with E-state index in [-0.39, 0.29) is 31.4 Å². The number of hydrogen-bond acceptors (Lipinski definition) is 4. The number of esters is 2.